The summed E-state index contributed by atoms with van der Waals surface area (Å²) in [5, 5.41) is 9.55. The summed E-state index contributed by atoms with van der Waals surface area (Å²) in [6.45, 7) is 6.11. The third-order valence-electron chi connectivity index (χ3n) is 5.20. The fourth-order valence-corrected chi connectivity index (χ4v) is 4.24. The topological polar surface area (TPSA) is 60.7 Å². The second-order valence-corrected chi connectivity index (χ2v) is 8.37. The van der Waals surface area contributed by atoms with E-state index in [2.05, 4.69) is 46.4 Å². The zero-order chi connectivity index (χ0) is 21.8. The molecule has 31 heavy (non-hydrogen) atoms. The molecule has 0 atom stereocenters. The van der Waals surface area contributed by atoms with Crippen LogP contribution in [0.5, 0.6) is 0 Å². The lowest BCUT2D eigenvalue weighted by molar-refractivity contribution is 0.102. The highest BCUT2D eigenvalue weighted by atomic mass is 32.2. The van der Waals surface area contributed by atoms with Crippen LogP contribution >= 0.6 is 11.8 Å². The van der Waals surface area contributed by atoms with Gasteiger partial charge in [-0.3, -0.25) is 14.3 Å². The molecule has 0 aliphatic rings. The molecule has 5 nitrogen and oxygen atoms in total. The number of carbonyl (C=O) groups excluding carboxylic acids is 1. The Morgan fingerprint density at radius 2 is 1.71 bits per heavy atom. The van der Waals surface area contributed by atoms with E-state index < -0.39 is 0 Å². The van der Waals surface area contributed by atoms with Crippen molar-refractivity contribution in [2.75, 3.05) is 5.75 Å². The number of carbonyl (C=O) groups is 1. The molecule has 4 aromatic rings. The number of rotatable bonds is 7. The first kappa shape index (κ1) is 21.0. The molecular formula is C25H24N4OS. The van der Waals surface area contributed by atoms with Gasteiger partial charge in [-0.1, -0.05) is 48.5 Å². The monoisotopic (exact) mass is 428 g/mol. The van der Waals surface area contributed by atoms with Crippen LogP contribution in [0.15, 0.2) is 72.1 Å². The second-order valence-electron chi connectivity index (χ2n) is 7.43. The fourth-order valence-electron chi connectivity index (χ4n) is 3.41. The zero-order valence-electron chi connectivity index (χ0n) is 17.9. The van der Waals surface area contributed by atoms with E-state index in [4.69, 9.17) is 0 Å². The minimum atomic E-state index is 0.0903. The average molecular weight is 429 g/mol. The molecule has 0 spiro atoms. The van der Waals surface area contributed by atoms with E-state index >= 15 is 0 Å². The summed E-state index contributed by atoms with van der Waals surface area (Å²) in [6, 6.07) is 18.2. The minimum absolute atomic E-state index is 0.0903. The van der Waals surface area contributed by atoms with Gasteiger partial charge in [-0.05, 0) is 61.7 Å². The van der Waals surface area contributed by atoms with Crippen molar-refractivity contribution in [3.8, 4) is 17.1 Å². The first-order valence-corrected chi connectivity index (χ1v) is 11.2. The molecule has 2 aromatic carbocycles. The summed E-state index contributed by atoms with van der Waals surface area (Å²) < 4.78 is 2.01. The van der Waals surface area contributed by atoms with E-state index in [-0.39, 0.29) is 5.78 Å². The summed E-state index contributed by atoms with van der Waals surface area (Å²) in [6.07, 6.45) is 4.46. The van der Waals surface area contributed by atoms with Crippen molar-refractivity contribution < 1.29 is 4.79 Å². The van der Waals surface area contributed by atoms with Crippen molar-refractivity contribution in [3.05, 3.63) is 89.2 Å². The molecule has 0 N–H and O–H groups in total. The van der Waals surface area contributed by atoms with Crippen LogP contribution in [0, 0.1) is 13.8 Å². The normalized spacial score (nSPS) is 10.9. The van der Waals surface area contributed by atoms with Crippen LogP contribution in [0.1, 0.15) is 34.0 Å². The van der Waals surface area contributed by atoms with Crippen molar-refractivity contribution in [2.24, 2.45) is 0 Å². The number of benzene rings is 2. The van der Waals surface area contributed by atoms with Crippen LogP contribution in [0.4, 0.5) is 0 Å². The number of ketones is 1. The van der Waals surface area contributed by atoms with Crippen LogP contribution in [0.2, 0.25) is 0 Å². The molecular weight excluding hydrogens is 404 g/mol. The Morgan fingerprint density at radius 3 is 2.42 bits per heavy atom. The van der Waals surface area contributed by atoms with E-state index in [1.165, 1.54) is 17.3 Å². The van der Waals surface area contributed by atoms with E-state index in [0.717, 1.165) is 40.2 Å². The van der Waals surface area contributed by atoms with Crippen molar-refractivity contribution in [3.63, 3.8) is 0 Å². The zero-order valence-corrected chi connectivity index (χ0v) is 18.7. The summed E-state index contributed by atoms with van der Waals surface area (Å²) in [7, 11) is 0. The Labute approximate surface area is 186 Å². The van der Waals surface area contributed by atoms with Crippen LogP contribution in [-0.4, -0.2) is 31.3 Å². The molecule has 0 bridgehead atoms. The van der Waals surface area contributed by atoms with Crippen molar-refractivity contribution >= 4 is 17.5 Å². The number of aryl methyl sites for hydroxylation is 3. The van der Waals surface area contributed by atoms with Crippen LogP contribution in [0.25, 0.3) is 17.1 Å². The van der Waals surface area contributed by atoms with Crippen LogP contribution < -0.4 is 0 Å². The number of aromatic nitrogens is 4. The van der Waals surface area contributed by atoms with Gasteiger partial charge in [0.2, 0.25) is 0 Å². The summed E-state index contributed by atoms with van der Waals surface area (Å²) in [4.78, 5) is 17.0. The maximum atomic E-state index is 12.9. The smallest absolute Gasteiger partial charge is 0.196 e. The molecule has 4 rings (SSSR count). The lowest BCUT2D eigenvalue weighted by Gasteiger charge is -2.11. The molecule has 0 unspecified atom stereocenters. The van der Waals surface area contributed by atoms with Crippen LogP contribution in [-0.2, 0) is 6.42 Å². The average Bonchev–Trinajstić information content (AvgIpc) is 3.23. The summed E-state index contributed by atoms with van der Waals surface area (Å²) in [5.41, 5.74) is 6.00. The molecule has 2 heterocycles. The highest BCUT2D eigenvalue weighted by Gasteiger charge is 2.18. The maximum absolute atomic E-state index is 12.9. The molecule has 0 fully saturated rings. The third-order valence-corrected chi connectivity index (χ3v) is 6.13. The lowest BCUT2D eigenvalue weighted by Crippen LogP contribution is -2.07. The first-order valence-electron chi connectivity index (χ1n) is 10.2. The Hall–Kier alpha value is -3.25. The van der Waals surface area contributed by atoms with Crippen molar-refractivity contribution in [2.45, 2.75) is 32.3 Å². The molecule has 0 amide bonds. The number of pyridine rings is 1. The number of thioether (sulfide) groups is 1. The van der Waals surface area contributed by atoms with E-state index in [1.54, 1.807) is 12.4 Å². The minimum Gasteiger partial charge on any atom is -0.293 e. The quantitative estimate of drug-likeness (QED) is 0.288. The summed E-state index contributed by atoms with van der Waals surface area (Å²) >= 11 is 1.41. The van der Waals surface area contributed by atoms with Gasteiger partial charge in [-0.25, -0.2) is 0 Å². The molecule has 0 saturated carbocycles. The fraction of sp³-hybridized carbons (Fsp3) is 0.200. The molecule has 0 aliphatic heterocycles. The second kappa shape index (κ2) is 9.27. The van der Waals surface area contributed by atoms with Gasteiger partial charge in [0.1, 0.15) is 0 Å². The molecule has 0 saturated heterocycles. The van der Waals surface area contributed by atoms with Gasteiger partial charge in [0, 0.05) is 29.2 Å². The number of hydrogen-bond donors (Lipinski definition) is 0. The van der Waals surface area contributed by atoms with Gasteiger partial charge >= 0.3 is 0 Å². The Morgan fingerprint density at radius 1 is 0.968 bits per heavy atom. The molecule has 156 valence electrons. The van der Waals surface area contributed by atoms with Gasteiger partial charge in [-0.15, -0.1) is 10.2 Å². The predicted molar refractivity (Wildman–Crippen MR) is 125 cm³/mol. The SMILES string of the molecule is CCc1ccc(-n2c(SCC(=O)c3cc(C)ccc3C)nnc2-c2ccncc2)cc1. The van der Waals surface area contributed by atoms with Gasteiger partial charge < -0.3 is 0 Å². The molecule has 0 radical (unpaired) electrons. The molecule has 2 aromatic heterocycles. The Balaban J connectivity index is 1.68. The van der Waals surface area contributed by atoms with Gasteiger partial charge in [-0.2, -0.15) is 0 Å². The van der Waals surface area contributed by atoms with Crippen LogP contribution in [0.3, 0.4) is 0 Å². The maximum Gasteiger partial charge on any atom is 0.196 e. The largest absolute Gasteiger partial charge is 0.293 e. The van der Waals surface area contributed by atoms with E-state index in [9.17, 15) is 4.79 Å². The molecule has 6 heteroatoms. The van der Waals surface area contributed by atoms with Gasteiger partial charge in [0.25, 0.3) is 0 Å². The van der Waals surface area contributed by atoms with Gasteiger partial charge in [0.15, 0.2) is 16.8 Å². The van der Waals surface area contributed by atoms with E-state index in [1.807, 2.05) is 48.7 Å². The first-order chi connectivity index (χ1) is 15.1. The number of nitrogens with zero attached hydrogens (tertiary/aromatic N) is 4. The predicted octanol–water partition coefficient (Wildman–Crippen LogP) is 5.48. The highest BCUT2D eigenvalue weighted by molar-refractivity contribution is 7.99. The van der Waals surface area contributed by atoms with Crippen molar-refractivity contribution in [1.29, 1.82) is 0 Å². The molecule has 0 aliphatic carbocycles. The standard InChI is InChI=1S/C25H24N4OS/c1-4-19-7-9-21(10-8-19)29-24(20-11-13-26-14-12-20)27-28-25(29)31-16-23(30)22-15-17(2)5-6-18(22)3/h5-15H,4,16H2,1-3H3. The Bertz CT molecular complexity index is 1200. The van der Waals surface area contributed by atoms with Crippen molar-refractivity contribution in [1.82, 2.24) is 19.7 Å². The number of Topliss-reactive ketones (excluding diaryl/α,β-unsaturated/α-hetero) is 1. The Kier molecular flexibility index (Phi) is 6.28. The van der Waals surface area contributed by atoms with Gasteiger partial charge in [0.05, 0.1) is 5.75 Å². The highest BCUT2D eigenvalue weighted by Crippen LogP contribution is 2.28. The summed E-state index contributed by atoms with van der Waals surface area (Å²) in [5.74, 6) is 1.12. The lowest BCUT2D eigenvalue weighted by atomic mass is 10.0. The number of hydrogen-bond acceptors (Lipinski definition) is 5. The third kappa shape index (κ3) is 4.59. The van der Waals surface area contributed by atoms with E-state index in [0.29, 0.717) is 10.9 Å².